The zero-order chi connectivity index (χ0) is 20.8. The highest BCUT2D eigenvalue weighted by Crippen LogP contribution is 2.24. The summed E-state index contributed by atoms with van der Waals surface area (Å²) in [5, 5.41) is 5.92. The van der Waals surface area contributed by atoms with Crippen molar-refractivity contribution in [2.45, 2.75) is 52.5 Å². The number of hydrogen-bond acceptors (Lipinski definition) is 4. The quantitative estimate of drug-likeness (QED) is 0.669. The number of para-hydroxylation sites is 1. The van der Waals surface area contributed by atoms with E-state index >= 15 is 0 Å². The summed E-state index contributed by atoms with van der Waals surface area (Å²) >= 11 is 0. The standard InChI is InChI=1S/C22H30N4O3/c1-4-16-10-7-9-15(2)18(16)25-22(28)20-24-19(17-11-5-6-13-26(17)20)21(27)23-12-8-14-29-3/h7,9-10H,4-6,8,11-14H2,1-3H3,(H,23,27)(H,25,28). The van der Waals surface area contributed by atoms with E-state index in [1.54, 1.807) is 7.11 Å². The van der Waals surface area contributed by atoms with Gasteiger partial charge in [0.05, 0.1) is 5.69 Å². The normalized spacial score (nSPS) is 13.1. The van der Waals surface area contributed by atoms with E-state index < -0.39 is 0 Å². The minimum atomic E-state index is -0.268. The second kappa shape index (κ2) is 9.69. The Morgan fingerprint density at radius 2 is 2.07 bits per heavy atom. The van der Waals surface area contributed by atoms with Crippen LogP contribution in [0.5, 0.6) is 0 Å². The third kappa shape index (κ3) is 4.67. The van der Waals surface area contributed by atoms with E-state index in [9.17, 15) is 9.59 Å². The van der Waals surface area contributed by atoms with E-state index in [1.165, 1.54) is 0 Å². The Morgan fingerprint density at radius 3 is 2.83 bits per heavy atom. The zero-order valence-corrected chi connectivity index (χ0v) is 17.5. The number of aromatic nitrogens is 2. The molecule has 29 heavy (non-hydrogen) atoms. The molecule has 0 bridgehead atoms. The number of rotatable bonds is 8. The minimum Gasteiger partial charge on any atom is -0.385 e. The lowest BCUT2D eigenvalue weighted by atomic mass is 10.1. The van der Waals surface area contributed by atoms with Crippen molar-refractivity contribution in [2.75, 3.05) is 25.6 Å². The number of nitrogens with one attached hydrogen (secondary N) is 2. The first kappa shape index (κ1) is 21.0. The van der Waals surface area contributed by atoms with Crippen LogP contribution in [0.25, 0.3) is 0 Å². The summed E-state index contributed by atoms with van der Waals surface area (Å²) < 4.78 is 6.93. The maximum absolute atomic E-state index is 13.1. The Hall–Kier alpha value is -2.67. The lowest BCUT2D eigenvalue weighted by molar-refractivity contribution is 0.0942. The van der Waals surface area contributed by atoms with Gasteiger partial charge in [0.25, 0.3) is 11.8 Å². The van der Waals surface area contributed by atoms with Crippen LogP contribution in [0.4, 0.5) is 5.69 Å². The number of methoxy groups -OCH3 is 1. The molecule has 0 aliphatic carbocycles. The molecule has 2 heterocycles. The van der Waals surface area contributed by atoms with Crippen molar-refractivity contribution in [3.05, 3.63) is 46.5 Å². The van der Waals surface area contributed by atoms with Gasteiger partial charge in [-0.15, -0.1) is 0 Å². The molecule has 0 atom stereocenters. The predicted octanol–water partition coefficient (Wildman–Crippen LogP) is 3.11. The summed E-state index contributed by atoms with van der Waals surface area (Å²) in [6.45, 7) is 5.86. The van der Waals surface area contributed by atoms with Crippen molar-refractivity contribution in [2.24, 2.45) is 0 Å². The molecule has 7 heteroatoms. The molecule has 0 unspecified atom stereocenters. The molecule has 0 fully saturated rings. The van der Waals surface area contributed by atoms with Crippen LogP contribution in [0.1, 0.15) is 64.1 Å². The summed E-state index contributed by atoms with van der Waals surface area (Å²) in [5.41, 5.74) is 4.15. The highest BCUT2D eigenvalue weighted by atomic mass is 16.5. The number of aryl methyl sites for hydroxylation is 2. The van der Waals surface area contributed by atoms with Gasteiger partial charge in [-0.05, 0) is 50.2 Å². The molecule has 1 aromatic heterocycles. The molecule has 0 radical (unpaired) electrons. The fourth-order valence-corrected chi connectivity index (χ4v) is 3.77. The molecular formula is C22H30N4O3. The number of fused-ring (bicyclic) bond motifs is 1. The average Bonchev–Trinajstić information content (AvgIpc) is 3.12. The Bertz CT molecular complexity index is 888. The smallest absolute Gasteiger partial charge is 0.291 e. The first-order valence-corrected chi connectivity index (χ1v) is 10.3. The number of nitrogens with zero attached hydrogens (tertiary/aromatic N) is 2. The van der Waals surface area contributed by atoms with Crippen LogP contribution in [0.3, 0.4) is 0 Å². The van der Waals surface area contributed by atoms with Crippen molar-refractivity contribution in [1.82, 2.24) is 14.9 Å². The van der Waals surface area contributed by atoms with Crippen molar-refractivity contribution < 1.29 is 14.3 Å². The molecule has 0 spiro atoms. The Labute approximate surface area is 171 Å². The molecule has 1 aliphatic heterocycles. The van der Waals surface area contributed by atoms with Crippen LogP contribution in [0, 0.1) is 6.92 Å². The van der Waals surface area contributed by atoms with Crippen LogP contribution < -0.4 is 10.6 Å². The fraction of sp³-hybridized carbons (Fsp3) is 0.500. The van der Waals surface area contributed by atoms with Crippen LogP contribution in [0.15, 0.2) is 18.2 Å². The number of anilines is 1. The van der Waals surface area contributed by atoms with Gasteiger partial charge in [0.1, 0.15) is 5.69 Å². The fourth-order valence-electron chi connectivity index (χ4n) is 3.77. The SMILES string of the molecule is CCc1cccc(C)c1NC(=O)c1nc(C(=O)NCCCOC)c2n1CCCC2. The van der Waals surface area contributed by atoms with E-state index in [0.29, 0.717) is 31.2 Å². The topological polar surface area (TPSA) is 85.2 Å². The van der Waals surface area contributed by atoms with Gasteiger partial charge in [0.15, 0.2) is 5.82 Å². The highest BCUT2D eigenvalue weighted by Gasteiger charge is 2.27. The Kier molecular flexibility index (Phi) is 7.04. The second-order valence-corrected chi connectivity index (χ2v) is 7.36. The lowest BCUT2D eigenvalue weighted by Crippen LogP contribution is -2.27. The Morgan fingerprint density at radius 1 is 1.24 bits per heavy atom. The number of carbonyl (C=O) groups is 2. The number of benzene rings is 1. The molecule has 156 valence electrons. The summed E-state index contributed by atoms with van der Waals surface area (Å²) in [4.78, 5) is 30.2. The monoisotopic (exact) mass is 398 g/mol. The lowest BCUT2D eigenvalue weighted by Gasteiger charge is -2.18. The third-order valence-corrected chi connectivity index (χ3v) is 5.33. The van der Waals surface area contributed by atoms with Crippen molar-refractivity contribution in [1.29, 1.82) is 0 Å². The van der Waals surface area contributed by atoms with E-state index in [2.05, 4.69) is 22.5 Å². The minimum absolute atomic E-state index is 0.226. The van der Waals surface area contributed by atoms with Gasteiger partial charge in [0, 0.05) is 32.5 Å². The number of hydrogen-bond donors (Lipinski definition) is 2. The van der Waals surface area contributed by atoms with Crippen LogP contribution in [-0.2, 0) is 24.1 Å². The van der Waals surface area contributed by atoms with Crippen molar-refractivity contribution in [3.8, 4) is 0 Å². The van der Waals surface area contributed by atoms with Crippen LogP contribution in [0.2, 0.25) is 0 Å². The summed E-state index contributed by atoms with van der Waals surface area (Å²) in [6.07, 6.45) is 4.29. The molecule has 1 aromatic carbocycles. The summed E-state index contributed by atoms with van der Waals surface area (Å²) in [6, 6.07) is 5.99. The molecule has 7 nitrogen and oxygen atoms in total. The van der Waals surface area contributed by atoms with Gasteiger partial charge in [-0.25, -0.2) is 4.98 Å². The molecule has 2 amide bonds. The van der Waals surface area contributed by atoms with E-state index in [0.717, 1.165) is 54.6 Å². The van der Waals surface area contributed by atoms with Crippen molar-refractivity contribution >= 4 is 17.5 Å². The number of amides is 2. The van der Waals surface area contributed by atoms with Gasteiger partial charge in [-0.1, -0.05) is 25.1 Å². The van der Waals surface area contributed by atoms with Gasteiger partial charge in [-0.2, -0.15) is 0 Å². The van der Waals surface area contributed by atoms with Gasteiger partial charge >= 0.3 is 0 Å². The first-order chi connectivity index (χ1) is 14.1. The van der Waals surface area contributed by atoms with E-state index in [-0.39, 0.29) is 11.8 Å². The number of ether oxygens (including phenoxy) is 1. The molecular weight excluding hydrogens is 368 g/mol. The van der Waals surface area contributed by atoms with Crippen LogP contribution >= 0.6 is 0 Å². The van der Waals surface area contributed by atoms with E-state index in [4.69, 9.17) is 4.74 Å². The van der Waals surface area contributed by atoms with Crippen LogP contribution in [-0.4, -0.2) is 41.6 Å². The first-order valence-electron chi connectivity index (χ1n) is 10.3. The molecule has 1 aliphatic rings. The average molecular weight is 399 g/mol. The number of carbonyl (C=O) groups excluding carboxylic acids is 2. The number of imidazole rings is 1. The van der Waals surface area contributed by atoms with Gasteiger partial charge in [0.2, 0.25) is 0 Å². The van der Waals surface area contributed by atoms with Gasteiger partial charge in [-0.3, -0.25) is 9.59 Å². The highest BCUT2D eigenvalue weighted by molar-refractivity contribution is 6.04. The van der Waals surface area contributed by atoms with E-state index in [1.807, 2.05) is 29.7 Å². The Balaban J connectivity index is 1.85. The third-order valence-electron chi connectivity index (χ3n) is 5.33. The summed E-state index contributed by atoms with van der Waals surface area (Å²) in [5.74, 6) is -0.182. The molecule has 2 aromatic rings. The maximum Gasteiger partial charge on any atom is 0.291 e. The zero-order valence-electron chi connectivity index (χ0n) is 17.5. The summed E-state index contributed by atoms with van der Waals surface area (Å²) in [7, 11) is 1.64. The molecule has 0 saturated carbocycles. The molecule has 3 rings (SSSR count). The maximum atomic E-state index is 13.1. The molecule has 2 N–H and O–H groups in total. The predicted molar refractivity (Wildman–Crippen MR) is 113 cm³/mol. The molecule has 0 saturated heterocycles. The largest absolute Gasteiger partial charge is 0.385 e. The van der Waals surface area contributed by atoms with Gasteiger partial charge < -0.3 is 19.9 Å². The van der Waals surface area contributed by atoms with Crippen molar-refractivity contribution in [3.63, 3.8) is 0 Å². The second-order valence-electron chi connectivity index (χ2n) is 7.36.